The number of pyridine rings is 1. The molecule has 33 heavy (non-hydrogen) atoms. The van der Waals surface area contributed by atoms with Crippen molar-refractivity contribution in [2.24, 2.45) is 0 Å². The number of benzene rings is 2. The van der Waals surface area contributed by atoms with Crippen molar-refractivity contribution in [3.8, 4) is 5.75 Å². The Morgan fingerprint density at radius 1 is 1.18 bits per heavy atom. The molecule has 0 unspecified atom stereocenters. The van der Waals surface area contributed by atoms with Crippen molar-refractivity contribution >= 4 is 48.9 Å². The molecule has 0 aliphatic carbocycles. The van der Waals surface area contributed by atoms with Gasteiger partial charge in [0.15, 0.2) is 9.84 Å². The van der Waals surface area contributed by atoms with Gasteiger partial charge in [0.2, 0.25) is 0 Å². The van der Waals surface area contributed by atoms with E-state index in [0.717, 1.165) is 27.0 Å². The van der Waals surface area contributed by atoms with Crippen molar-refractivity contribution in [3.05, 3.63) is 53.8 Å². The fourth-order valence-electron chi connectivity index (χ4n) is 3.85. The van der Waals surface area contributed by atoms with E-state index >= 15 is 0 Å². The minimum absolute atomic E-state index is 0.226. The second-order valence-electron chi connectivity index (χ2n) is 7.56. The van der Waals surface area contributed by atoms with Crippen LogP contribution in [0.4, 0.5) is 5.69 Å². The van der Waals surface area contributed by atoms with Gasteiger partial charge >= 0.3 is 0 Å². The van der Waals surface area contributed by atoms with Gasteiger partial charge in [-0.05, 0) is 37.1 Å². The Labute approximate surface area is 197 Å². The molecule has 10 heteroatoms. The number of ether oxygens (including phenoxy) is 2. The number of H-pyrrole nitrogens is 1. The van der Waals surface area contributed by atoms with Crippen LogP contribution < -0.4 is 10.1 Å². The summed E-state index contributed by atoms with van der Waals surface area (Å²) >= 11 is 5.84. The highest BCUT2D eigenvalue weighted by Gasteiger charge is 2.32. The highest BCUT2D eigenvalue weighted by Crippen LogP contribution is 2.35. The first kappa shape index (κ1) is 23.3. The number of anilines is 1. The normalized spacial score (nSPS) is 14.6. The smallest absolute Gasteiger partial charge is 0.185 e. The maximum absolute atomic E-state index is 13.0. The zero-order valence-corrected chi connectivity index (χ0v) is 19.9. The molecule has 0 bridgehead atoms. The molecule has 2 aromatic carbocycles. The first-order valence-electron chi connectivity index (χ1n) is 10.5. The van der Waals surface area contributed by atoms with Crippen LogP contribution in [0.2, 0.25) is 5.02 Å². The zero-order valence-electron chi connectivity index (χ0n) is 18.3. The van der Waals surface area contributed by atoms with Gasteiger partial charge in [-0.25, -0.2) is 8.42 Å². The molecule has 1 aliphatic rings. The van der Waals surface area contributed by atoms with Crippen LogP contribution in [-0.2, 0) is 14.6 Å². The van der Waals surface area contributed by atoms with Crippen molar-refractivity contribution < 1.29 is 17.9 Å². The summed E-state index contributed by atoms with van der Waals surface area (Å²) in [5.74, 6) is 0.338. The summed E-state index contributed by atoms with van der Waals surface area (Å²) in [5.41, 5.74) is 2.51. The Morgan fingerprint density at radius 2 is 1.97 bits per heavy atom. The number of hydrogen-bond donors (Lipinski definition) is 2. The number of nitrogens with one attached hydrogen (secondary N) is 2. The van der Waals surface area contributed by atoms with Gasteiger partial charge in [-0.3, -0.25) is 10.1 Å². The first-order chi connectivity index (χ1) is 16.0. The van der Waals surface area contributed by atoms with Gasteiger partial charge in [0, 0.05) is 49.0 Å². The molecule has 2 aromatic heterocycles. The highest BCUT2D eigenvalue weighted by atomic mass is 35.5. The second kappa shape index (κ2) is 9.94. The summed E-state index contributed by atoms with van der Waals surface area (Å²) in [6.45, 7) is 0.951. The lowest BCUT2D eigenvalue weighted by molar-refractivity contribution is 0.0983. The van der Waals surface area contributed by atoms with Crippen molar-refractivity contribution in [1.29, 1.82) is 0 Å². The zero-order chi connectivity index (χ0) is 23.4. The number of methoxy groups -OCH3 is 1. The Hall–Kier alpha value is -2.88. The van der Waals surface area contributed by atoms with E-state index in [1.165, 1.54) is 7.11 Å². The van der Waals surface area contributed by atoms with E-state index in [4.69, 9.17) is 21.1 Å². The van der Waals surface area contributed by atoms with Crippen LogP contribution in [0, 0.1) is 0 Å². The molecule has 0 saturated carbocycles. The van der Waals surface area contributed by atoms with E-state index in [-0.39, 0.29) is 4.90 Å². The Bertz CT molecular complexity index is 1370. The van der Waals surface area contributed by atoms with Crippen LogP contribution in [0.3, 0.4) is 0 Å². The van der Waals surface area contributed by atoms with Crippen molar-refractivity contribution in [3.63, 3.8) is 0 Å². The van der Waals surface area contributed by atoms with Gasteiger partial charge in [-0.1, -0.05) is 17.7 Å². The third-order valence-electron chi connectivity index (χ3n) is 5.64. The van der Waals surface area contributed by atoms with Gasteiger partial charge in [0.05, 0.1) is 34.6 Å². The fourth-order valence-corrected chi connectivity index (χ4v) is 5.95. The van der Waals surface area contributed by atoms with E-state index in [2.05, 4.69) is 20.5 Å². The predicted molar refractivity (Wildman–Crippen MR) is 130 cm³/mol. The molecular weight excluding hydrogens is 464 g/mol. The largest absolute Gasteiger partial charge is 0.495 e. The van der Waals surface area contributed by atoms with Gasteiger partial charge in [0.1, 0.15) is 10.6 Å². The minimum Gasteiger partial charge on any atom is -0.495 e. The Kier molecular flexibility index (Phi) is 7.02. The van der Waals surface area contributed by atoms with Crippen LogP contribution in [0.15, 0.2) is 53.7 Å². The van der Waals surface area contributed by atoms with Crippen molar-refractivity contribution in [1.82, 2.24) is 15.2 Å². The van der Waals surface area contributed by atoms with E-state index in [1.54, 1.807) is 31.6 Å². The molecule has 1 aliphatic heterocycles. The number of aromatic amines is 1. The number of nitrogens with zero attached hydrogens (tertiary/aromatic N) is 2. The lowest BCUT2D eigenvalue weighted by Crippen LogP contribution is -2.29. The number of aromatic nitrogens is 3. The minimum atomic E-state index is -3.48. The van der Waals surface area contributed by atoms with Gasteiger partial charge in [-0.15, -0.1) is 0 Å². The van der Waals surface area contributed by atoms with Crippen LogP contribution in [0.5, 0.6) is 5.75 Å². The predicted octanol–water partition coefficient (Wildman–Crippen LogP) is 4.45. The van der Waals surface area contributed by atoms with E-state index < -0.39 is 15.1 Å². The summed E-state index contributed by atoms with van der Waals surface area (Å²) in [4.78, 5) is 4.53. The third kappa shape index (κ3) is 4.75. The maximum Gasteiger partial charge on any atom is 0.185 e. The van der Waals surface area contributed by atoms with Crippen molar-refractivity contribution in [2.45, 2.75) is 23.0 Å². The second-order valence-corrected chi connectivity index (χ2v) is 10.2. The molecule has 1 saturated heterocycles. The van der Waals surface area contributed by atoms with E-state index in [0.29, 0.717) is 37.3 Å². The van der Waals surface area contributed by atoms with Gasteiger partial charge in [-0.2, -0.15) is 5.10 Å². The highest BCUT2D eigenvalue weighted by molar-refractivity contribution is 7.92. The Balaban J connectivity index is 0.000000214. The molecule has 4 aromatic rings. The Morgan fingerprint density at radius 3 is 2.67 bits per heavy atom. The molecule has 0 radical (unpaired) electrons. The van der Waals surface area contributed by atoms with Gasteiger partial charge in [0.25, 0.3) is 0 Å². The molecule has 174 valence electrons. The average Bonchev–Trinajstić information content (AvgIpc) is 3.34. The third-order valence-corrected chi connectivity index (χ3v) is 8.25. The molecule has 3 heterocycles. The number of rotatable bonds is 4. The molecule has 0 atom stereocenters. The van der Waals surface area contributed by atoms with E-state index in [1.807, 2.05) is 24.3 Å². The van der Waals surface area contributed by atoms with E-state index in [9.17, 15) is 8.42 Å². The van der Waals surface area contributed by atoms with Crippen LogP contribution >= 0.6 is 11.6 Å². The van der Waals surface area contributed by atoms with Crippen molar-refractivity contribution in [2.75, 3.05) is 32.7 Å². The summed E-state index contributed by atoms with van der Waals surface area (Å²) < 4.78 is 36.7. The number of hydrogen-bond acceptors (Lipinski definition) is 7. The average molecular weight is 489 g/mol. The number of sulfone groups is 1. The molecule has 2 N–H and O–H groups in total. The molecule has 0 spiro atoms. The lowest BCUT2D eigenvalue weighted by Gasteiger charge is -2.23. The lowest BCUT2D eigenvalue weighted by atomic mass is 10.2. The summed E-state index contributed by atoms with van der Waals surface area (Å²) in [6.07, 6.45) is 4.42. The van der Waals surface area contributed by atoms with Gasteiger partial charge < -0.3 is 14.8 Å². The fraction of sp³-hybridized carbons (Fsp3) is 0.304. The topological polar surface area (TPSA) is 106 Å². The summed E-state index contributed by atoms with van der Waals surface area (Å²) in [7, 11) is -0.206. The first-order valence-corrected chi connectivity index (χ1v) is 12.4. The monoisotopic (exact) mass is 488 g/mol. The van der Waals surface area contributed by atoms with Crippen LogP contribution in [-0.4, -0.2) is 56.2 Å². The molecule has 0 amide bonds. The summed E-state index contributed by atoms with van der Waals surface area (Å²) in [5, 5.41) is 11.8. The van der Waals surface area contributed by atoms with Crippen LogP contribution in [0.25, 0.3) is 21.8 Å². The molecular formula is C23H25ClN4O4S. The SMILES string of the molecule is CNc1ccnc2cc(OC)c(S(=O)(=O)C3CCOCC3)cc12.Clc1cccc2[nH]ncc12. The standard InChI is InChI=1S/C16H20N2O4S.C7H5ClN2/c1-17-13-3-6-18-14-10-15(21-2)16(9-12(13)14)23(19,20)11-4-7-22-8-5-11;8-6-2-1-3-7-5(6)4-9-10-7/h3,6,9-11H,4-5,7-8H2,1-2H3,(H,17,18);1-4H,(H,9,10). The molecule has 8 nitrogen and oxygen atoms in total. The molecule has 5 rings (SSSR count). The number of halogens is 1. The number of fused-ring (bicyclic) bond motifs is 2. The van der Waals surface area contributed by atoms with Crippen LogP contribution in [0.1, 0.15) is 12.8 Å². The summed E-state index contributed by atoms with van der Waals surface area (Å²) in [6, 6.07) is 10.8. The quantitative estimate of drug-likeness (QED) is 0.437. The maximum atomic E-state index is 13.0. The molecule has 1 fully saturated rings.